The molecule has 0 aliphatic carbocycles. The van der Waals surface area contributed by atoms with Crippen molar-refractivity contribution in [2.75, 3.05) is 13.2 Å². The van der Waals surface area contributed by atoms with Gasteiger partial charge in [-0.15, -0.1) is 0 Å². The zero-order valence-electron chi connectivity index (χ0n) is 16.3. The van der Waals surface area contributed by atoms with Crippen molar-refractivity contribution in [3.8, 4) is 0 Å². The number of fused-ring (bicyclic) bond motifs is 1. The lowest BCUT2D eigenvalue weighted by Crippen LogP contribution is -2.43. The zero-order valence-corrected chi connectivity index (χ0v) is 16.3. The van der Waals surface area contributed by atoms with Gasteiger partial charge in [-0.2, -0.15) is 0 Å². The van der Waals surface area contributed by atoms with Crippen LogP contribution in [0, 0.1) is 5.82 Å². The van der Waals surface area contributed by atoms with Crippen LogP contribution in [0.25, 0.3) is 10.9 Å². The van der Waals surface area contributed by atoms with Crippen molar-refractivity contribution in [2.45, 2.75) is 32.0 Å². The Morgan fingerprint density at radius 1 is 1.10 bits per heavy atom. The van der Waals surface area contributed by atoms with Crippen LogP contribution in [0.4, 0.5) is 4.39 Å². The van der Waals surface area contributed by atoms with Crippen molar-refractivity contribution < 1.29 is 13.9 Å². The molecule has 0 bridgehead atoms. The van der Waals surface area contributed by atoms with Crippen molar-refractivity contribution in [1.29, 1.82) is 0 Å². The molecule has 7 nitrogen and oxygen atoms in total. The molecule has 30 heavy (non-hydrogen) atoms. The van der Waals surface area contributed by atoms with Crippen molar-refractivity contribution in [2.24, 2.45) is 0 Å². The van der Waals surface area contributed by atoms with Crippen LogP contribution in [0.2, 0.25) is 0 Å². The van der Waals surface area contributed by atoms with Crippen molar-refractivity contribution in [1.82, 2.24) is 14.5 Å². The van der Waals surface area contributed by atoms with Gasteiger partial charge in [0.15, 0.2) is 0 Å². The van der Waals surface area contributed by atoms with Gasteiger partial charge in [0.2, 0.25) is 5.91 Å². The first-order valence-electron chi connectivity index (χ1n) is 9.88. The minimum absolute atomic E-state index is 0.00477. The van der Waals surface area contributed by atoms with Crippen LogP contribution in [-0.2, 0) is 22.6 Å². The van der Waals surface area contributed by atoms with Crippen LogP contribution in [-0.4, -0.2) is 34.3 Å². The maximum Gasteiger partial charge on any atom is 0.332 e. The number of nitrogens with zero attached hydrogens (tertiary/aromatic N) is 2. The second-order valence-electron chi connectivity index (χ2n) is 7.34. The highest BCUT2D eigenvalue weighted by Crippen LogP contribution is 2.11. The summed E-state index contributed by atoms with van der Waals surface area (Å²) in [6, 6.07) is 12.3. The van der Waals surface area contributed by atoms with Gasteiger partial charge in [0, 0.05) is 13.2 Å². The van der Waals surface area contributed by atoms with E-state index in [9.17, 15) is 18.8 Å². The summed E-state index contributed by atoms with van der Waals surface area (Å²) in [7, 11) is 0. The summed E-state index contributed by atoms with van der Waals surface area (Å²) in [6.45, 7) is 0.857. The molecule has 4 rings (SSSR count). The van der Waals surface area contributed by atoms with Gasteiger partial charge in [0.25, 0.3) is 5.56 Å². The highest BCUT2D eigenvalue weighted by Gasteiger charge is 2.18. The molecule has 2 heterocycles. The number of hydrogen-bond acceptors (Lipinski definition) is 4. The maximum absolute atomic E-state index is 13.2. The number of aromatic nitrogens is 2. The summed E-state index contributed by atoms with van der Waals surface area (Å²) < 4.78 is 21.1. The third-order valence-corrected chi connectivity index (χ3v) is 5.24. The van der Waals surface area contributed by atoms with Gasteiger partial charge in [-0.05, 0) is 42.7 Å². The number of para-hydroxylation sites is 1. The molecule has 8 heteroatoms. The topological polar surface area (TPSA) is 82.3 Å². The molecule has 0 unspecified atom stereocenters. The monoisotopic (exact) mass is 411 g/mol. The van der Waals surface area contributed by atoms with E-state index in [2.05, 4.69) is 5.32 Å². The Morgan fingerprint density at radius 2 is 1.87 bits per heavy atom. The maximum atomic E-state index is 13.2. The van der Waals surface area contributed by atoms with E-state index in [1.54, 1.807) is 24.3 Å². The molecular formula is C22H22FN3O4. The zero-order chi connectivity index (χ0) is 21.1. The van der Waals surface area contributed by atoms with Crippen LogP contribution in [0.3, 0.4) is 0 Å². The summed E-state index contributed by atoms with van der Waals surface area (Å²) >= 11 is 0. The van der Waals surface area contributed by atoms with E-state index in [-0.39, 0.29) is 25.1 Å². The number of rotatable bonds is 6. The number of benzene rings is 2. The number of nitrogens with one attached hydrogen (secondary N) is 1. The normalized spacial score (nSPS) is 16.1. The van der Waals surface area contributed by atoms with Crippen LogP contribution >= 0.6 is 0 Å². The Kier molecular flexibility index (Phi) is 5.76. The molecule has 0 spiro atoms. The van der Waals surface area contributed by atoms with Gasteiger partial charge >= 0.3 is 5.69 Å². The Balaban J connectivity index is 1.67. The average molecular weight is 411 g/mol. The van der Waals surface area contributed by atoms with Gasteiger partial charge < -0.3 is 10.1 Å². The molecule has 1 fully saturated rings. The molecule has 1 aliphatic heterocycles. The van der Waals surface area contributed by atoms with E-state index in [0.29, 0.717) is 29.6 Å². The minimum atomic E-state index is -0.588. The number of halogens is 1. The number of amides is 1. The first kappa shape index (κ1) is 20.0. The molecule has 1 aliphatic rings. The first-order chi connectivity index (χ1) is 14.5. The van der Waals surface area contributed by atoms with Gasteiger partial charge in [0.1, 0.15) is 12.4 Å². The minimum Gasteiger partial charge on any atom is -0.376 e. The number of ether oxygens (including phenoxy) is 1. The second kappa shape index (κ2) is 8.62. The molecule has 0 saturated carbocycles. The smallest absolute Gasteiger partial charge is 0.332 e. The van der Waals surface area contributed by atoms with E-state index >= 15 is 0 Å². The molecule has 1 atom stereocenters. The Labute approximate surface area is 171 Å². The Morgan fingerprint density at radius 3 is 2.60 bits per heavy atom. The van der Waals surface area contributed by atoms with Crippen molar-refractivity contribution in [3.05, 3.63) is 80.7 Å². The van der Waals surface area contributed by atoms with E-state index in [1.165, 1.54) is 28.8 Å². The van der Waals surface area contributed by atoms with Gasteiger partial charge in [-0.25, -0.2) is 9.18 Å². The summed E-state index contributed by atoms with van der Waals surface area (Å²) in [5, 5.41) is 3.14. The molecule has 2 aromatic carbocycles. The van der Waals surface area contributed by atoms with E-state index in [1.807, 2.05) is 0 Å². The van der Waals surface area contributed by atoms with Crippen molar-refractivity contribution >= 4 is 16.8 Å². The average Bonchev–Trinajstić information content (AvgIpc) is 3.28. The number of hydrogen-bond donors (Lipinski definition) is 1. The molecule has 1 aromatic heterocycles. The molecule has 1 saturated heterocycles. The summed E-state index contributed by atoms with van der Waals surface area (Å²) in [5.74, 6) is -0.727. The standard InChI is InChI=1S/C22H22FN3O4/c23-16-9-7-15(8-10-16)13-26-21(28)18-5-1-2-6-19(18)25(22(26)29)14-20(27)24-12-17-4-3-11-30-17/h1-2,5-10,17H,3-4,11-14H2,(H,24,27)/t17-/m1/s1. The van der Waals surface area contributed by atoms with E-state index in [4.69, 9.17) is 4.74 Å². The summed E-state index contributed by atoms with van der Waals surface area (Å²) in [6.07, 6.45) is 1.86. The Hall–Kier alpha value is -3.26. The van der Waals surface area contributed by atoms with Gasteiger partial charge in [-0.1, -0.05) is 24.3 Å². The van der Waals surface area contributed by atoms with E-state index < -0.39 is 17.1 Å². The van der Waals surface area contributed by atoms with Crippen LogP contribution in [0.15, 0.2) is 58.1 Å². The van der Waals surface area contributed by atoms with E-state index in [0.717, 1.165) is 17.4 Å². The highest BCUT2D eigenvalue weighted by molar-refractivity contribution is 5.81. The third-order valence-electron chi connectivity index (χ3n) is 5.24. The SMILES string of the molecule is O=C(Cn1c(=O)n(Cc2ccc(F)cc2)c(=O)c2ccccc21)NC[C@H]1CCCO1. The summed E-state index contributed by atoms with van der Waals surface area (Å²) in [5.41, 5.74) is -0.0263. The van der Waals surface area contributed by atoms with Crippen LogP contribution < -0.4 is 16.6 Å². The molecule has 1 N–H and O–H groups in total. The molecule has 156 valence electrons. The van der Waals surface area contributed by atoms with Gasteiger partial charge in [0.05, 0.1) is 23.6 Å². The first-order valence-corrected chi connectivity index (χ1v) is 9.88. The fourth-order valence-electron chi connectivity index (χ4n) is 3.67. The predicted octanol–water partition coefficient (Wildman–Crippen LogP) is 1.65. The highest BCUT2D eigenvalue weighted by atomic mass is 19.1. The Bertz CT molecular complexity index is 1180. The largest absolute Gasteiger partial charge is 0.376 e. The second-order valence-corrected chi connectivity index (χ2v) is 7.34. The molecule has 3 aromatic rings. The fourth-order valence-corrected chi connectivity index (χ4v) is 3.67. The lowest BCUT2D eigenvalue weighted by Gasteiger charge is -2.15. The van der Waals surface area contributed by atoms with Crippen molar-refractivity contribution in [3.63, 3.8) is 0 Å². The fraction of sp³-hybridized carbons (Fsp3) is 0.318. The van der Waals surface area contributed by atoms with Crippen LogP contribution in [0.1, 0.15) is 18.4 Å². The quantitative estimate of drug-likeness (QED) is 0.669. The number of carbonyl (C=O) groups is 1. The molecule has 0 radical (unpaired) electrons. The third kappa shape index (κ3) is 4.18. The van der Waals surface area contributed by atoms with Crippen LogP contribution in [0.5, 0.6) is 0 Å². The molecular weight excluding hydrogens is 389 g/mol. The van der Waals surface area contributed by atoms with Gasteiger partial charge in [-0.3, -0.25) is 18.7 Å². The number of carbonyl (C=O) groups excluding carboxylic acids is 1. The lowest BCUT2D eigenvalue weighted by atomic mass is 10.2. The predicted molar refractivity (Wildman–Crippen MR) is 110 cm³/mol. The molecule has 1 amide bonds. The summed E-state index contributed by atoms with van der Waals surface area (Å²) in [4.78, 5) is 38.5. The lowest BCUT2D eigenvalue weighted by molar-refractivity contribution is -0.122.